The van der Waals surface area contributed by atoms with Crippen molar-refractivity contribution in [3.8, 4) is 28.1 Å². The molecule has 6 nitrogen and oxygen atoms in total. The zero-order chi connectivity index (χ0) is 17.2. The van der Waals surface area contributed by atoms with Crippen LogP contribution in [0.2, 0.25) is 0 Å². The third-order valence-electron chi connectivity index (χ3n) is 3.86. The molecule has 0 spiro atoms. The average molecular weight is 347 g/mol. The summed E-state index contributed by atoms with van der Waals surface area (Å²) in [6.07, 6.45) is 3.96. The van der Waals surface area contributed by atoms with Gasteiger partial charge in [-0.3, -0.25) is 4.79 Å². The summed E-state index contributed by atoms with van der Waals surface area (Å²) in [6.45, 7) is 0. The molecule has 7 heteroatoms. The number of rotatable bonds is 4. The van der Waals surface area contributed by atoms with Gasteiger partial charge in [0, 0.05) is 22.1 Å². The molecule has 0 aliphatic carbocycles. The van der Waals surface area contributed by atoms with Crippen molar-refractivity contribution in [1.82, 2.24) is 19.7 Å². The van der Waals surface area contributed by atoms with Crippen molar-refractivity contribution in [1.29, 1.82) is 0 Å². The van der Waals surface area contributed by atoms with Gasteiger partial charge in [-0.2, -0.15) is 5.10 Å². The highest BCUT2D eigenvalue weighted by molar-refractivity contribution is 7.13. The van der Waals surface area contributed by atoms with Crippen molar-refractivity contribution in [3.63, 3.8) is 0 Å². The largest absolute Gasteiger partial charge is 0.375 e. The molecule has 2 N–H and O–H groups in total. The average Bonchev–Trinajstić information content (AvgIpc) is 3.33. The highest BCUT2D eigenvalue weighted by atomic mass is 32.1. The molecule has 2 heterocycles. The van der Waals surface area contributed by atoms with Gasteiger partial charge in [-0.15, -0.1) is 11.3 Å². The van der Waals surface area contributed by atoms with E-state index in [9.17, 15) is 4.79 Å². The van der Waals surface area contributed by atoms with Gasteiger partial charge in [-0.1, -0.05) is 36.4 Å². The molecule has 0 atom stereocenters. The molecule has 0 amide bonds. The first-order chi connectivity index (χ1) is 12.3. The predicted octanol–water partition coefficient (Wildman–Crippen LogP) is 3.45. The van der Waals surface area contributed by atoms with Crippen LogP contribution in [-0.4, -0.2) is 26.0 Å². The van der Waals surface area contributed by atoms with E-state index in [0.717, 1.165) is 34.4 Å². The van der Waals surface area contributed by atoms with E-state index in [4.69, 9.17) is 5.73 Å². The van der Waals surface area contributed by atoms with Crippen LogP contribution in [0.25, 0.3) is 28.1 Å². The van der Waals surface area contributed by atoms with Gasteiger partial charge < -0.3 is 5.73 Å². The highest BCUT2D eigenvalue weighted by Crippen LogP contribution is 2.33. The molecule has 0 radical (unpaired) electrons. The Hall–Kier alpha value is -3.32. The molecular formula is C18H13N5OS. The Morgan fingerprint density at radius 2 is 2.00 bits per heavy atom. The zero-order valence-electron chi connectivity index (χ0n) is 13.0. The molecular weight excluding hydrogens is 334 g/mol. The maximum atomic E-state index is 11.4. The second-order valence-corrected chi connectivity index (χ2v) is 6.24. The van der Waals surface area contributed by atoms with Gasteiger partial charge in [0.25, 0.3) is 0 Å². The molecule has 122 valence electrons. The molecule has 0 saturated heterocycles. The fourth-order valence-electron chi connectivity index (χ4n) is 2.71. The molecule has 4 aromatic rings. The van der Waals surface area contributed by atoms with E-state index < -0.39 is 0 Å². The predicted molar refractivity (Wildman–Crippen MR) is 97.7 cm³/mol. The normalized spacial score (nSPS) is 10.7. The quantitative estimate of drug-likeness (QED) is 0.571. The minimum Gasteiger partial charge on any atom is -0.375 e. The Morgan fingerprint density at radius 3 is 2.72 bits per heavy atom. The molecule has 0 aliphatic heterocycles. The lowest BCUT2D eigenvalue weighted by atomic mass is 9.97. The van der Waals surface area contributed by atoms with E-state index in [1.165, 1.54) is 17.7 Å². The second-order valence-electron chi connectivity index (χ2n) is 5.35. The number of aldehydes is 1. The third kappa shape index (κ3) is 2.81. The first-order valence-corrected chi connectivity index (χ1v) is 8.39. The number of hydrogen-bond acceptors (Lipinski definition) is 6. The minimum absolute atomic E-state index is 0.521. The van der Waals surface area contributed by atoms with Gasteiger partial charge in [-0.25, -0.2) is 14.6 Å². The summed E-state index contributed by atoms with van der Waals surface area (Å²) >= 11 is 1.39. The lowest BCUT2D eigenvalue weighted by Crippen LogP contribution is -2.00. The molecule has 2 aromatic carbocycles. The summed E-state index contributed by atoms with van der Waals surface area (Å²) < 4.78 is 1.68. The number of anilines is 1. The van der Waals surface area contributed by atoms with Crippen LogP contribution >= 0.6 is 11.3 Å². The molecule has 0 bridgehead atoms. The van der Waals surface area contributed by atoms with Crippen LogP contribution in [0, 0.1) is 0 Å². The number of aromatic nitrogens is 4. The first-order valence-electron chi connectivity index (χ1n) is 7.51. The van der Waals surface area contributed by atoms with Gasteiger partial charge in [-0.05, 0) is 11.6 Å². The van der Waals surface area contributed by atoms with Crippen LogP contribution in [-0.2, 0) is 0 Å². The molecule has 2 aromatic heterocycles. The SMILES string of the molecule is Nc1nc(-c2ccc(-c3ccccc3C=O)c(-n3cncn3)c2)cs1. The Morgan fingerprint density at radius 1 is 1.12 bits per heavy atom. The number of carbonyl (C=O) groups is 1. The summed E-state index contributed by atoms with van der Waals surface area (Å²) in [7, 11) is 0. The number of thiazole rings is 1. The van der Waals surface area contributed by atoms with Crippen LogP contribution in [0.5, 0.6) is 0 Å². The highest BCUT2D eigenvalue weighted by Gasteiger charge is 2.14. The van der Waals surface area contributed by atoms with Crippen molar-refractivity contribution >= 4 is 22.8 Å². The van der Waals surface area contributed by atoms with Gasteiger partial charge in [0.1, 0.15) is 12.7 Å². The van der Waals surface area contributed by atoms with E-state index in [2.05, 4.69) is 15.1 Å². The maximum absolute atomic E-state index is 11.4. The second kappa shape index (κ2) is 6.29. The Bertz CT molecular complexity index is 1040. The van der Waals surface area contributed by atoms with Gasteiger partial charge in [0.05, 0.1) is 11.4 Å². The lowest BCUT2D eigenvalue weighted by molar-refractivity contribution is 0.112. The van der Waals surface area contributed by atoms with E-state index in [0.29, 0.717) is 10.7 Å². The van der Waals surface area contributed by atoms with Crippen molar-refractivity contribution in [2.24, 2.45) is 0 Å². The smallest absolute Gasteiger partial charge is 0.180 e. The maximum Gasteiger partial charge on any atom is 0.180 e. The van der Waals surface area contributed by atoms with Crippen LogP contribution < -0.4 is 5.73 Å². The molecule has 0 fully saturated rings. The number of nitrogens with two attached hydrogens (primary N) is 1. The Balaban J connectivity index is 1.94. The fraction of sp³-hybridized carbons (Fsp3) is 0. The molecule has 0 unspecified atom stereocenters. The van der Waals surface area contributed by atoms with E-state index in [1.54, 1.807) is 17.1 Å². The number of benzene rings is 2. The van der Waals surface area contributed by atoms with Crippen molar-refractivity contribution in [2.45, 2.75) is 0 Å². The first kappa shape index (κ1) is 15.2. The van der Waals surface area contributed by atoms with E-state index in [-0.39, 0.29) is 0 Å². The molecule has 25 heavy (non-hydrogen) atoms. The molecule has 0 saturated carbocycles. The van der Waals surface area contributed by atoms with E-state index in [1.807, 2.05) is 41.8 Å². The number of nitrogen functional groups attached to an aromatic ring is 1. The standard InChI is InChI=1S/C18H13N5OS/c19-18-22-16(9-25-18)12-5-6-15(14-4-2-1-3-13(14)8-24)17(7-12)23-11-20-10-21-23/h1-11H,(H2,19,22). The molecule has 0 aliphatic rings. The summed E-state index contributed by atoms with van der Waals surface area (Å²) in [5, 5.41) is 6.68. The van der Waals surface area contributed by atoms with Crippen molar-refractivity contribution in [2.75, 3.05) is 5.73 Å². The van der Waals surface area contributed by atoms with Crippen molar-refractivity contribution in [3.05, 3.63) is 66.1 Å². The van der Waals surface area contributed by atoms with Crippen LogP contribution in [0.15, 0.2) is 60.5 Å². The summed E-state index contributed by atoms with van der Waals surface area (Å²) in [6, 6.07) is 13.4. The Kier molecular flexibility index (Phi) is 3.83. The number of hydrogen-bond donors (Lipinski definition) is 1. The van der Waals surface area contributed by atoms with Gasteiger partial charge in [0.2, 0.25) is 0 Å². The fourth-order valence-corrected chi connectivity index (χ4v) is 3.28. The minimum atomic E-state index is 0.521. The Labute approximate surface area is 147 Å². The zero-order valence-corrected chi connectivity index (χ0v) is 13.9. The van der Waals surface area contributed by atoms with Gasteiger partial charge in [0.15, 0.2) is 11.4 Å². The number of carbonyl (C=O) groups excluding carboxylic acids is 1. The van der Waals surface area contributed by atoms with Gasteiger partial charge >= 0.3 is 0 Å². The van der Waals surface area contributed by atoms with Crippen LogP contribution in [0.3, 0.4) is 0 Å². The summed E-state index contributed by atoms with van der Waals surface area (Å²) in [5.41, 5.74) is 10.6. The van der Waals surface area contributed by atoms with E-state index >= 15 is 0 Å². The number of nitrogens with zero attached hydrogens (tertiary/aromatic N) is 4. The summed E-state index contributed by atoms with van der Waals surface area (Å²) in [4.78, 5) is 19.8. The third-order valence-corrected chi connectivity index (χ3v) is 4.53. The molecule has 4 rings (SSSR count). The summed E-state index contributed by atoms with van der Waals surface area (Å²) in [5.74, 6) is 0. The monoisotopic (exact) mass is 347 g/mol. The van der Waals surface area contributed by atoms with Crippen LogP contribution in [0.1, 0.15) is 10.4 Å². The van der Waals surface area contributed by atoms with Crippen LogP contribution in [0.4, 0.5) is 5.13 Å². The lowest BCUT2D eigenvalue weighted by Gasteiger charge is -2.13. The van der Waals surface area contributed by atoms with Crippen molar-refractivity contribution < 1.29 is 4.79 Å². The topological polar surface area (TPSA) is 86.7 Å².